The molecule has 0 spiro atoms. The Bertz CT molecular complexity index is 603. The van der Waals surface area contributed by atoms with Crippen molar-refractivity contribution in [3.8, 4) is 0 Å². The fourth-order valence-electron chi connectivity index (χ4n) is 4.50. The maximum absolute atomic E-state index is 4.34. The van der Waals surface area contributed by atoms with E-state index in [9.17, 15) is 0 Å². The lowest BCUT2D eigenvalue weighted by atomic mass is 9.71. The minimum atomic E-state index is 0.0706. The normalized spacial score (nSPS) is 19.3. The molecule has 144 valence electrons. The second-order valence-electron chi connectivity index (χ2n) is 9.24. The van der Waals surface area contributed by atoms with Gasteiger partial charge in [0.15, 0.2) is 0 Å². The Hall–Kier alpha value is -1.70. The van der Waals surface area contributed by atoms with Gasteiger partial charge < -0.3 is 10.6 Å². The van der Waals surface area contributed by atoms with Gasteiger partial charge in [-0.3, -0.25) is 0 Å². The third-order valence-corrected chi connectivity index (χ3v) is 5.95. The molecule has 1 fully saturated rings. The fourth-order valence-corrected chi connectivity index (χ4v) is 4.50. The van der Waals surface area contributed by atoms with Crippen molar-refractivity contribution < 1.29 is 0 Å². The third kappa shape index (κ3) is 4.93. The molecule has 2 N–H and O–H groups in total. The highest BCUT2D eigenvalue weighted by Gasteiger charge is 2.39. The predicted octanol–water partition coefficient (Wildman–Crippen LogP) is 6.13. The number of benzene rings is 1. The summed E-state index contributed by atoms with van der Waals surface area (Å²) >= 11 is 0. The first-order valence-corrected chi connectivity index (χ1v) is 10.1. The molecule has 2 rings (SSSR count). The van der Waals surface area contributed by atoms with Crippen LogP contribution in [0.2, 0.25) is 0 Å². The van der Waals surface area contributed by atoms with Gasteiger partial charge in [0.2, 0.25) is 0 Å². The first-order valence-electron chi connectivity index (χ1n) is 10.1. The first-order chi connectivity index (χ1) is 12.2. The minimum Gasteiger partial charge on any atom is -0.366 e. The highest BCUT2D eigenvalue weighted by atomic mass is 15.2. The summed E-state index contributed by atoms with van der Waals surface area (Å²) in [5.41, 5.74) is 2.72. The van der Waals surface area contributed by atoms with Crippen molar-refractivity contribution in [1.82, 2.24) is 10.6 Å². The van der Waals surface area contributed by atoms with Crippen LogP contribution in [0.1, 0.15) is 78.2 Å². The van der Waals surface area contributed by atoms with E-state index in [-0.39, 0.29) is 17.0 Å². The van der Waals surface area contributed by atoms with Gasteiger partial charge >= 0.3 is 0 Å². The zero-order valence-corrected chi connectivity index (χ0v) is 17.5. The SMILES string of the molecule is C=C(NC(C(=C)C)C(C)(C)C)NC1(C(C)c2ccccc2)CCCCC1. The summed E-state index contributed by atoms with van der Waals surface area (Å²) in [6, 6.07) is 11.1. The summed E-state index contributed by atoms with van der Waals surface area (Å²) in [7, 11) is 0. The van der Waals surface area contributed by atoms with Crippen molar-refractivity contribution in [1.29, 1.82) is 0 Å². The van der Waals surface area contributed by atoms with E-state index in [1.807, 2.05) is 0 Å². The Morgan fingerprint density at radius 1 is 1.04 bits per heavy atom. The summed E-state index contributed by atoms with van der Waals surface area (Å²) in [6.45, 7) is 19.7. The summed E-state index contributed by atoms with van der Waals surface area (Å²) < 4.78 is 0. The number of hydrogen-bond acceptors (Lipinski definition) is 2. The largest absolute Gasteiger partial charge is 0.366 e. The monoisotopic (exact) mass is 354 g/mol. The zero-order valence-electron chi connectivity index (χ0n) is 17.5. The highest BCUT2D eigenvalue weighted by molar-refractivity contribution is 5.25. The molecule has 1 aromatic rings. The van der Waals surface area contributed by atoms with Crippen LogP contribution < -0.4 is 10.6 Å². The minimum absolute atomic E-state index is 0.0706. The fraction of sp³-hybridized carbons (Fsp3) is 0.583. The molecule has 1 saturated carbocycles. The summed E-state index contributed by atoms with van der Waals surface area (Å²) in [6.07, 6.45) is 6.27. The molecule has 2 atom stereocenters. The van der Waals surface area contributed by atoms with Crippen molar-refractivity contribution in [2.24, 2.45) is 5.41 Å². The van der Waals surface area contributed by atoms with Crippen molar-refractivity contribution >= 4 is 0 Å². The van der Waals surface area contributed by atoms with E-state index in [1.165, 1.54) is 37.7 Å². The van der Waals surface area contributed by atoms with Gasteiger partial charge in [0.05, 0.1) is 11.9 Å². The lowest BCUT2D eigenvalue weighted by Gasteiger charge is -2.45. The molecule has 0 aliphatic heterocycles. The van der Waals surface area contributed by atoms with Crippen LogP contribution in [0.5, 0.6) is 0 Å². The first kappa shape index (κ1) is 20.6. The van der Waals surface area contributed by atoms with Crippen LogP contribution in [0, 0.1) is 5.41 Å². The van der Waals surface area contributed by atoms with E-state index in [0.29, 0.717) is 5.92 Å². The van der Waals surface area contributed by atoms with Gasteiger partial charge in [-0.15, -0.1) is 0 Å². The van der Waals surface area contributed by atoms with E-state index >= 15 is 0 Å². The molecular weight excluding hydrogens is 316 g/mol. The Kier molecular flexibility index (Phi) is 6.60. The number of hydrogen-bond donors (Lipinski definition) is 2. The van der Waals surface area contributed by atoms with Crippen LogP contribution in [-0.4, -0.2) is 11.6 Å². The molecule has 2 unspecified atom stereocenters. The molecule has 0 radical (unpaired) electrons. The van der Waals surface area contributed by atoms with Crippen LogP contribution in [0.3, 0.4) is 0 Å². The lowest BCUT2D eigenvalue weighted by molar-refractivity contribution is 0.202. The van der Waals surface area contributed by atoms with Gasteiger partial charge in [0.25, 0.3) is 0 Å². The average Bonchev–Trinajstić information content (AvgIpc) is 2.59. The molecule has 1 aliphatic carbocycles. The Morgan fingerprint density at radius 3 is 2.12 bits per heavy atom. The molecule has 1 aliphatic rings. The van der Waals surface area contributed by atoms with Gasteiger partial charge in [-0.05, 0) is 30.7 Å². The Labute approximate surface area is 161 Å². The van der Waals surface area contributed by atoms with Crippen molar-refractivity contribution in [2.75, 3.05) is 0 Å². The molecular formula is C24H38N2. The van der Waals surface area contributed by atoms with Gasteiger partial charge in [0.1, 0.15) is 0 Å². The standard InChI is InChI=1S/C24H38N2/c1-18(2)22(23(5,6)7)25-20(4)26-24(16-12-9-13-17-24)19(3)21-14-10-8-11-15-21/h8,10-11,14-15,19,22,25-26H,1,4,9,12-13,16-17H2,2-3,5-7H3. The molecule has 0 heterocycles. The Morgan fingerprint density at radius 2 is 1.62 bits per heavy atom. The maximum atomic E-state index is 4.34. The molecule has 0 bridgehead atoms. The van der Waals surface area contributed by atoms with Crippen LogP contribution in [-0.2, 0) is 0 Å². The van der Waals surface area contributed by atoms with Crippen molar-refractivity contribution in [3.05, 3.63) is 60.4 Å². The second kappa shape index (κ2) is 8.33. The van der Waals surface area contributed by atoms with Crippen LogP contribution in [0.15, 0.2) is 54.9 Å². The van der Waals surface area contributed by atoms with Gasteiger partial charge in [-0.1, -0.05) is 96.0 Å². The molecule has 0 aromatic heterocycles. The molecule has 26 heavy (non-hydrogen) atoms. The number of nitrogens with one attached hydrogen (secondary N) is 2. The molecule has 2 nitrogen and oxygen atoms in total. The highest BCUT2D eigenvalue weighted by Crippen LogP contribution is 2.40. The van der Waals surface area contributed by atoms with E-state index in [4.69, 9.17) is 0 Å². The predicted molar refractivity (Wildman–Crippen MR) is 114 cm³/mol. The quantitative estimate of drug-likeness (QED) is 0.575. The molecule has 1 aromatic carbocycles. The Balaban J connectivity index is 2.19. The second-order valence-corrected chi connectivity index (χ2v) is 9.24. The van der Waals surface area contributed by atoms with Crippen LogP contribution in [0.25, 0.3) is 0 Å². The lowest BCUT2D eigenvalue weighted by Crippen LogP contribution is -2.54. The zero-order chi connectivity index (χ0) is 19.4. The van der Waals surface area contributed by atoms with E-state index in [0.717, 1.165) is 11.4 Å². The number of rotatable bonds is 7. The molecule has 0 saturated heterocycles. The van der Waals surface area contributed by atoms with Crippen LogP contribution in [0.4, 0.5) is 0 Å². The summed E-state index contributed by atoms with van der Waals surface area (Å²) in [4.78, 5) is 0. The van der Waals surface area contributed by atoms with Crippen molar-refractivity contribution in [3.63, 3.8) is 0 Å². The van der Waals surface area contributed by atoms with E-state index in [2.05, 4.69) is 88.7 Å². The molecule has 2 heteroatoms. The summed E-state index contributed by atoms with van der Waals surface area (Å²) in [5, 5.41) is 7.47. The smallest absolute Gasteiger partial charge is 0.0921 e. The topological polar surface area (TPSA) is 24.1 Å². The van der Waals surface area contributed by atoms with E-state index in [1.54, 1.807) is 0 Å². The van der Waals surface area contributed by atoms with Crippen molar-refractivity contribution in [2.45, 2.75) is 84.2 Å². The van der Waals surface area contributed by atoms with Gasteiger partial charge in [-0.2, -0.15) is 0 Å². The maximum Gasteiger partial charge on any atom is 0.0921 e. The van der Waals surface area contributed by atoms with Gasteiger partial charge in [-0.25, -0.2) is 0 Å². The summed E-state index contributed by atoms with van der Waals surface area (Å²) in [5.74, 6) is 1.37. The molecule has 0 amide bonds. The van der Waals surface area contributed by atoms with Crippen LogP contribution >= 0.6 is 0 Å². The van der Waals surface area contributed by atoms with Gasteiger partial charge in [0, 0.05) is 11.5 Å². The van der Waals surface area contributed by atoms with E-state index < -0.39 is 0 Å². The third-order valence-electron chi connectivity index (χ3n) is 5.95. The average molecular weight is 355 g/mol.